The van der Waals surface area contributed by atoms with E-state index in [-0.39, 0.29) is 5.91 Å². The highest BCUT2D eigenvalue weighted by molar-refractivity contribution is 6.00. The molecule has 0 aliphatic carbocycles. The molecule has 0 atom stereocenters. The first-order chi connectivity index (χ1) is 12.6. The number of amides is 1. The number of pyridine rings is 2. The minimum absolute atomic E-state index is 0.291. The van der Waals surface area contributed by atoms with Crippen molar-refractivity contribution >= 4 is 34.6 Å². The van der Waals surface area contributed by atoms with Crippen LogP contribution in [0.3, 0.4) is 0 Å². The fourth-order valence-electron chi connectivity index (χ4n) is 2.28. The van der Waals surface area contributed by atoms with Gasteiger partial charge in [0.1, 0.15) is 17.5 Å². The number of hydrogen-bond donors (Lipinski definition) is 4. The van der Waals surface area contributed by atoms with Gasteiger partial charge in [0.05, 0.1) is 28.8 Å². The molecule has 0 saturated carbocycles. The van der Waals surface area contributed by atoms with Crippen LogP contribution in [0, 0.1) is 5.82 Å². The number of nitrogens with one attached hydrogen (secondary N) is 3. The van der Waals surface area contributed by atoms with Crippen LogP contribution < -0.4 is 21.7 Å². The lowest BCUT2D eigenvalue weighted by atomic mass is 10.2. The van der Waals surface area contributed by atoms with E-state index in [1.54, 1.807) is 18.2 Å². The average molecular weight is 352 g/mol. The minimum Gasteiger partial charge on any atom is -0.397 e. The van der Waals surface area contributed by atoms with Crippen molar-refractivity contribution in [2.45, 2.75) is 0 Å². The Kier molecular flexibility index (Phi) is 4.93. The maximum absolute atomic E-state index is 13.0. The van der Waals surface area contributed by atoms with E-state index in [2.05, 4.69) is 25.9 Å². The predicted molar refractivity (Wildman–Crippen MR) is 99.2 cm³/mol. The highest BCUT2D eigenvalue weighted by Gasteiger charge is 2.13. The molecule has 0 unspecified atom stereocenters. The van der Waals surface area contributed by atoms with Crippen LogP contribution in [-0.4, -0.2) is 22.9 Å². The van der Waals surface area contributed by atoms with E-state index in [0.29, 0.717) is 34.3 Å². The fourth-order valence-corrected chi connectivity index (χ4v) is 2.28. The summed E-state index contributed by atoms with van der Waals surface area (Å²) in [6.45, 7) is 0. The maximum Gasteiger partial charge on any atom is 0.254 e. The summed E-state index contributed by atoms with van der Waals surface area (Å²) >= 11 is 0. The molecule has 132 valence electrons. The molecule has 3 aromatic rings. The lowest BCUT2D eigenvalue weighted by molar-refractivity contribution is 0.0963. The van der Waals surface area contributed by atoms with Gasteiger partial charge in [-0.05, 0) is 24.3 Å². The first-order valence-corrected chi connectivity index (χ1v) is 7.79. The summed E-state index contributed by atoms with van der Waals surface area (Å²) in [6, 6.07) is 11.6. The van der Waals surface area contributed by atoms with Gasteiger partial charge >= 0.3 is 0 Å². The molecule has 0 aliphatic heterocycles. The van der Waals surface area contributed by atoms with Crippen LogP contribution in [0.5, 0.6) is 0 Å². The van der Waals surface area contributed by atoms with Crippen molar-refractivity contribution in [2.75, 3.05) is 23.4 Å². The summed E-state index contributed by atoms with van der Waals surface area (Å²) in [5.41, 5.74) is 8.04. The number of hydrogen-bond acceptors (Lipinski definition) is 6. The molecule has 1 amide bonds. The first kappa shape index (κ1) is 17.2. The zero-order chi connectivity index (χ0) is 18.5. The van der Waals surface area contributed by atoms with E-state index >= 15 is 0 Å². The van der Waals surface area contributed by atoms with Gasteiger partial charge in [-0.1, -0.05) is 12.1 Å². The average Bonchev–Trinajstić information content (AvgIpc) is 2.65. The second-order valence-electron chi connectivity index (χ2n) is 5.39. The quantitative estimate of drug-likeness (QED) is 0.526. The summed E-state index contributed by atoms with van der Waals surface area (Å²) in [5.74, 6) is 0.145. The number of rotatable bonds is 5. The summed E-state index contributed by atoms with van der Waals surface area (Å²) < 4.78 is 13.0. The highest BCUT2D eigenvalue weighted by Crippen LogP contribution is 2.27. The molecule has 3 rings (SSSR count). The number of nitrogens with zero attached hydrogens (tertiary/aromatic N) is 2. The second-order valence-corrected chi connectivity index (χ2v) is 5.39. The molecule has 0 fully saturated rings. The Hall–Kier alpha value is -3.68. The first-order valence-electron chi connectivity index (χ1n) is 7.79. The summed E-state index contributed by atoms with van der Waals surface area (Å²) in [5, 5.41) is 8.68. The summed E-state index contributed by atoms with van der Waals surface area (Å²) in [7, 11) is 1.54. The van der Waals surface area contributed by atoms with Crippen LogP contribution in [0.15, 0.2) is 54.9 Å². The van der Waals surface area contributed by atoms with Crippen molar-refractivity contribution in [3.05, 3.63) is 66.2 Å². The van der Waals surface area contributed by atoms with E-state index < -0.39 is 5.82 Å². The Labute approximate surface area is 149 Å². The van der Waals surface area contributed by atoms with Crippen LogP contribution in [0.1, 0.15) is 10.4 Å². The third-order valence-corrected chi connectivity index (χ3v) is 3.59. The van der Waals surface area contributed by atoms with Gasteiger partial charge in [0.15, 0.2) is 0 Å². The highest BCUT2D eigenvalue weighted by atomic mass is 19.1. The number of carbonyl (C=O) groups is 1. The van der Waals surface area contributed by atoms with Crippen molar-refractivity contribution in [1.29, 1.82) is 0 Å². The van der Waals surface area contributed by atoms with Gasteiger partial charge in [-0.2, -0.15) is 0 Å². The van der Waals surface area contributed by atoms with Crippen LogP contribution in [0.25, 0.3) is 0 Å². The third-order valence-electron chi connectivity index (χ3n) is 3.59. The minimum atomic E-state index is -0.430. The standard InChI is InChI=1S/C18H17FN6O/c1-21-18(26)12-10-23-17(25-16-7-6-11(19)9-22-16)8-15(12)24-14-5-3-2-4-13(14)20/h2-10H,20H2,1H3,(H,21,26)(H2,22,23,24,25). The Balaban J connectivity index is 1.94. The SMILES string of the molecule is CNC(=O)c1cnc(Nc2ccc(F)cn2)cc1Nc1ccccc1N. The fraction of sp³-hybridized carbons (Fsp3) is 0.0556. The van der Waals surface area contributed by atoms with Gasteiger partial charge in [0, 0.05) is 19.3 Å². The van der Waals surface area contributed by atoms with Gasteiger partial charge < -0.3 is 21.7 Å². The van der Waals surface area contributed by atoms with Crippen molar-refractivity contribution < 1.29 is 9.18 Å². The van der Waals surface area contributed by atoms with Crippen LogP contribution in [0.2, 0.25) is 0 Å². The van der Waals surface area contributed by atoms with Gasteiger partial charge in [0.25, 0.3) is 5.91 Å². The number of carbonyl (C=O) groups excluding carboxylic acids is 1. The Morgan fingerprint density at radius 3 is 2.46 bits per heavy atom. The molecule has 0 spiro atoms. The van der Waals surface area contributed by atoms with E-state index in [1.165, 1.54) is 25.4 Å². The summed E-state index contributed by atoms with van der Waals surface area (Å²) in [6.07, 6.45) is 2.54. The van der Waals surface area contributed by atoms with Crippen LogP contribution in [-0.2, 0) is 0 Å². The number of para-hydroxylation sites is 2. The molecule has 2 heterocycles. The van der Waals surface area contributed by atoms with Crippen LogP contribution in [0.4, 0.5) is 33.1 Å². The molecule has 8 heteroatoms. The normalized spacial score (nSPS) is 10.2. The number of anilines is 5. The van der Waals surface area contributed by atoms with E-state index in [0.717, 1.165) is 6.20 Å². The lowest BCUT2D eigenvalue weighted by Crippen LogP contribution is -2.19. The molecule has 5 N–H and O–H groups in total. The molecular weight excluding hydrogens is 335 g/mol. The molecule has 0 radical (unpaired) electrons. The van der Waals surface area contributed by atoms with Gasteiger partial charge in [-0.15, -0.1) is 0 Å². The number of nitrogens with two attached hydrogens (primary N) is 1. The Morgan fingerprint density at radius 2 is 1.77 bits per heavy atom. The topological polar surface area (TPSA) is 105 Å². The maximum atomic E-state index is 13.0. The monoisotopic (exact) mass is 352 g/mol. The molecule has 0 bridgehead atoms. The van der Waals surface area contributed by atoms with Gasteiger partial charge in [-0.25, -0.2) is 14.4 Å². The van der Waals surface area contributed by atoms with Crippen LogP contribution >= 0.6 is 0 Å². The molecule has 1 aromatic carbocycles. The molecule has 0 aliphatic rings. The number of benzene rings is 1. The van der Waals surface area contributed by atoms with Crippen molar-refractivity contribution in [2.24, 2.45) is 0 Å². The molecule has 0 saturated heterocycles. The zero-order valence-corrected chi connectivity index (χ0v) is 14.0. The Morgan fingerprint density at radius 1 is 1.00 bits per heavy atom. The van der Waals surface area contributed by atoms with Crippen molar-refractivity contribution in [3.8, 4) is 0 Å². The van der Waals surface area contributed by atoms with Crippen molar-refractivity contribution in [3.63, 3.8) is 0 Å². The third kappa shape index (κ3) is 3.86. The lowest BCUT2D eigenvalue weighted by Gasteiger charge is -2.14. The zero-order valence-electron chi connectivity index (χ0n) is 14.0. The van der Waals surface area contributed by atoms with E-state index in [1.807, 2.05) is 12.1 Å². The molecule has 7 nitrogen and oxygen atoms in total. The molecule has 26 heavy (non-hydrogen) atoms. The smallest absolute Gasteiger partial charge is 0.254 e. The summed E-state index contributed by atoms with van der Waals surface area (Å²) in [4.78, 5) is 20.3. The Bertz CT molecular complexity index is 929. The number of halogens is 1. The predicted octanol–water partition coefficient (Wildman–Crippen LogP) is 3.04. The van der Waals surface area contributed by atoms with E-state index in [4.69, 9.17) is 5.73 Å². The largest absolute Gasteiger partial charge is 0.397 e. The van der Waals surface area contributed by atoms with Gasteiger partial charge in [-0.3, -0.25) is 4.79 Å². The molecule has 2 aromatic heterocycles. The number of aromatic nitrogens is 2. The van der Waals surface area contributed by atoms with E-state index in [9.17, 15) is 9.18 Å². The molecular formula is C18H17FN6O. The van der Waals surface area contributed by atoms with Crippen molar-refractivity contribution in [1.82, 2.24) is 15.3 Å². The van der Waals surface area contributed by atoms with Gasteiger partial charge in [0.2, 0.25) is 0 Å². The number of nitrogen functional groups attached to an aromatic ring is 1. The second kappa shape index (κ2) is 7.47.